The largest absolute Gasteiger partial charge is 0.365 e. The lowest BCUT2D eigenvalue weighted by atomic mass is 10.3. The number of hydrogen-bond donors (Lipinski definition) is 2. The summed E-state index contributed by atoms with van der Waals surface area (Å²) >= 11 is 11.8. The van der Waals surface area contributed by atoms with Gasteiger partial charge in [0.2, 0.25) is 0 Å². The fourth-order valence-electron chi connectivity index (χ4n) is 2.05. The van der Waals surface area contributed by atoms with Gasteiger partial charge in [0.15, 0.2) is 0 Å². The van der Waals surface area contributed by atoms with Gasteiger partial charge in [-0.1, -0.05) is 29.3 Å². The summed E-state index contributed by atoms with van der Waals surface area (Å²) in [6.45, 7) is 0.565. The minimum Gasteiger partial charge on any atom is -0.365 e. The number of rotatable bonds is 5. The van der Waals surface area contributed by atoms with E-state index in [9.17, 15) is 4.79 Å². The molecule has 0 bridgehead atoms. The normalized spacial score (nSPS) is 10.3. The van der Waals surface area contributed by atoms with Gasteiger partial charge in [-0.05, 0) is 29.8 Å². The van der Waals surface area contributed by atoms with Gasteiger partial charge in [-0.2, -0.15) is 0 Å². The minimum absolute atomic E-state index is 0.183. The van der Waals surface area contributed by atoms with Crippen LogP contribution in [0.25, 0.3) is 0 Å². The molecule has 0 aliphatic carbocycles. The molecule has 0 aliphatic heterocycles. The molecular formula is C17H13Cl2N5O. The van der Waals surface area contributed by atoms with Gasteiger partial charge < -0.3 is 10.6 Å². The molecule has 0 atom stereocenters. The van der Waals surface area contributed by atoms with Crippen LogP contribution in [0.5, 0.6) is 0 Å². The molecule has 0 radical (unpaired) electrons. The second-order valence-corrected chi connectivity index (χ2v) is 5.99. The Labute approximate surface area is 154 Å². The van der Waals surface area contributed by atoms with Crippen LogP contribution in [0.2, 0.25) is 10.0 Å². The van der Waals surface area contributed by atoms with Crippen LogP contribution < -0.4 is 10.6 Å². The summed E-state index contributed by atoms with van der Waals surface area (Å²) in [5.74, 6) is 0.163. The molecule has 0 unspecified atom stereocenters. The first-order valence-electron chi connectivity index (χ1n) is 7.32. The lowest BCUT2D eigenvalue weighted by Gasteiger charge is -2.07. The lowest BCUT2D eigenvalue weighted by Crippen LogP contribution is -2.14. The molecule has 3 aromatic rings. The predicted octanol–water partition coefficient (Wildman–Crippen LogP) is 4.04. The summed E-state index contributed by atoms with van der Waals surface area (Å²) in [6.07, 6.45) is 6.37. The van der Waals surface area contributed by atoms with Crippen molar-refractivity contribution in [2.24, 2.45) is 0 Å². The van der Waals surface area contributed by atoms with Gasteiger partial charge in [-0.3, -0.25) is 9.78 Å². The molecule has 126 valence electrons. The van der Waals surface area contributed by atoms with Crippen LogP contribution in [-0.4, -0.2) is 20.9 Å². The van der Waals surface area contributed by atoms with Gasteiger partial charge in [-0.25, -0.2) is 9.97 Å². The van der Waals surface area contributed by atoms with Gasteiger partial charge in [0, 0.05) is 34.7 Å². The molecule has 0 saturated carbocycles. The maximum Gasteiger partial charge on any atom is 0.275 e. The Morgan fingerprint density at radius 2 is 1.84 bits per heavy atom. The van der Waals surface area contributed by atoms with Crippen LogP contribution in [0.4, 0.5) is 11.5 Å². The van der Waals surface area contributed by atoms with Crippen molar-refractivity contribution in [2.45, 2.75) is 6.54 Å². The van der Waals surface area contributed by atoms with E-state index < -0.39 is 5.91 Å². The zero-order chi connectivity index (χ0) is 17.6. The fourth-order valence-corrected chi connectivity index (χ4v) is 2.58. The number of hydrogen-bond acceptors (Lipinski definition) is 5. The summed E-state index contributed by atoms with van der Waals surface area (Å²) in [4.78, 5) is 24.5. The Kier molecular flexibility index (Phi) is 5.42. The smallest absolute Gasteiger partial charge is 0.275 e. The number of carbonyl (C=O) groups excluding carboxylic acids is 1. The molecule has 2 N–H and O–H groups in total. The zero-order valence-electron chi connectivity index (χ0n) is 12.9. The molecule has 0 spiro atoms. The fraction of sp³-hybridized carbons (Fsp3) is 0.0588. The van der Waals surface area contributed by atoms with Crippen molar-refractivity contribution in [1.82, 2.24) is 15.0 Å². The van der Waals surface area contributed by atoms with Crippen LogP contribution >= 0.6 is 23.2 Å². The molecule has 0 fully saturated rings. The van der Waals surface area contributed by atoms with E-state index in [1.54, 1.807) is 30.6 Å². The average molecular weight is 374 g/mol. The molecule has 2 aromatic heterocycles. The molecule has 1 aromatic carbocycles. The van der Waals surface area contributed by atoms with Gasteiger partial charge in [0.1, 0.15) is 11.5 Å². The second-order valence-electron chi connectivity index (χ2n) is 5.11. The third-order valence-corrected chi connectivity index (χ3v) is 3.64. The number of aromatic nitrogens is 3. The number of carbonyl (C=O) groups is 1. The van der Waals surface area contributed by atoms with Crippen LogP contribution in [0, 0.1) is 0 Å². The number of anilines is 2. The quantitative estimate of drug-likeness (QED) is 0.705. The Bertz CT molecular complexity index is 852. The number of nitrogens with zero attached hydrogens (tertiary/aromatic N) is 3. The topological polar surface area (TPSA) is 79.8 Å². The van der Waals surface area contributed by atoms with Crippen LogP contribution in [0.15, 0.2) is 55.1 Å². The number of benzene rings is 1. The zero-order valence-corrected chi connectivity index (χ0v) is 14.4. The predicted molar refractivity (Wildman–Crippen MR) is 98.0 cm³/mol. The van der Waals surface area contributed by atoms with Crippen molar-refractivity contribution in [2.75, 3.05) is 10.6 Å². The average Bonchev–Trinajstić information content (AvgIpc) is 2.60. The van der Waals surface area contributed by atoms with Gasteiger partial charge >= 0.3 is 0 Å². The monoisotopic (exact) mass is 373 g/mol. The number of nitrogens with one attached hydrogen (secondary N) is 2. The summed E-state index contributed by atoms with van der Waals surface area (Å²) in [6, 6.07) is 8.59. The highest BCUT2D eigenvalue weighted by Gasteiger charge is 2.09. The van der Waals surface area contributed by atoms with E-state index in [1.165, 1.54) is 12.4 Å². The Hall–Kier alpha value is -2.70. The molecule has 25 heavy (non-hydrogen) atoms. The van der Waals surface area contributed by atoms with E-state index in [0.717, 1.165) is 5.56 Å². The molecule has 8 heteroatoms. The van der Waals surface area contributed by atoms with E-state index >= 15 is 0 Å². The Morgan fingerprint density at radius 1 is 1.04 bits per heavy atom. The lowest BCUT2D eigenvalue weighted by molar-refractivity contribution is 0.102. The Morgan fingerprint density at radius 3 is 2.48 bits per heavy atom. The number of pyridine rings is 1. The summed E-state index contributed by atoms with van der Waals surface area (Å²) < 4.78 is 0. The van der Waals surface area contributed by atoms with Gasteiger partial charge in [0.05, 0.1) is 12.4 Å². The van der Waals surface area contributed by atoms with E-state index in [1.807, 2.05) is 12.1 Å². The van der Waals surface area contributed by atoms with Crippen molar-refractivity contribution in [3.63, 3.8) is 0 Å². The van der Waals surface area contributed by atoms with Crippen molar-refractivity contribution >= 4 is 40.6 Å². The summed E-state index contributed by atoms with van der Waals surface area (Å²) in [5.41, 5.74) is 1.69. The van der Waals surface area contributed by atoms with Crippen molar-refractivity contribution in [3.05, 3.63) is 76.4 Å². The summed E-state index contributed by atoms with van der Waals surface area (Å²) in [5, 5.41) is 6.66. The molecule has 1 amide bonds. The number of halogens is 2. The summed E-state index contributed by atoms with van der Waals surface area (Å²) in [7, 11) is 0. The minimum atomic E-state index is -0.398. The molecule has 0 saturated heterocycles. The van der Waals surface area contributed by atoms with Gasteiger partial charge in [-0.15, -0.1) is 0 Å². The maximum atomic E-state index is 12.2. The van der Waals surface area contributed by atoms with Crippen molar-refractivity contribution in [3.8, 4) is 0 Å². The second kappa shape index (κ2) is 7.92. The van der Waals surface area contributed by atoms with E-state index in [0.29, 0.717) is 28.1 Å². The first-order valence-corrected chi connectivity index (χ1v) is 8.08. The molecule has 3 rings (SSSR count). The molecular weight excluding hydrogens is 361 g/mol. The molecule has 2 heterocycles. The van der Waals surface area contributed by atoms with Crippen LogP contribution in [0.1, 0.15) is 16.1 Å². The van der Waals surface area contributed by atoms with Gasteiger partial charge in [0.25, 0.3) is 5.91 Å². The highest BCUT2D eigenvalue weighted by molar-refractivity contribution is 6.35. The van der Waals surface area contributed by atoms with Crippen molar-refractivity contribution in [1.29, 1.82) is 0 Å². The highest BCUT2D eigenvalue weighted by Crippen LogP contribution is 2.22. The number of amides is 1. The highest BCUT2D eigenvalue weighted by atomic mass is 35.5. The third-order valence-electron chi connectivity index (χ3n) is 3.20. The first kappa shape index (κ1) is 17.1. The molecule has 0 aliphatic rings. The standard InChI is InChI=1S/C17H13Cl2N5O/c18-12-4-13(19)6-14(5-12)24-17(25)15-9-23-16(10-21-15)22-8-11-2-1-3-20-7-11/h1-7,9-10H,8H2,(H,22,23)(H,24,25). The van der Waals surface area contributed by atoms with E-state index in [2.05, 4.69) is 25.6 Å². The first-order chi connectivity index (χ1) is 12.1. The Balaban J connectivity index is 1.62. The van der Waals surface area contributed by atoms with E-state index in [-0.39, 0.29) is 5.69 Å². The van der Waals surface area contributed by atoms with Crippen LogP contribution in [-0.2, 0) is 6.54 Å². The SMILES string of the molecule is O=C(Nc1cc(Cl)cc(Cl)c1)c1cnc(NCc2cccnc2)cn1. The van der Waals surface area contributed by atoms with Crippen molar-refractivity contribution < 1.29 is 4.79 Å². The van der Waals surface area contributed by atoms with Crippen LogP contribution in [0.3, 0.4) is 0 Å². The third kappa shape index (κ3) is 4.89. The van der Waals surface area contributed by atoms with E-state index in [4.69, 9.17) is 23.2 Å². The molecule has 6 nitrogen and oxygen atoms in total. The maximum absolute atomic E-state index is 12.2.